The molecule has 1 amide bonds. The molecule has 1 heterocycles. The van der Waals surface area contributed by atoms with Crippen LogP contribution in [0.15, 0.2) is 36.4 Å². The fourth-order valence-corrected chi connectivity index (χ4v) is 2.52. The zero-order valence-corrected chi connectivity index (χ0v) is 11.8. The fourth-order valence-electron chi connectivity index (χ4n) is 1.58. The van der Waals surface area contributed by atoms with Crippen LogP contribution in [-0.2, 0) is 0 Å². The Labute approximate surface area is 116 Å². The van der Waals surface area contributed by atoms with E-state index >= 15 is 0 Å². The predicted molar refractivity (Wildman–Crippen MR) is 77.8 cm³/mol. The molecule has 2 nitrogen and oxygen atoms in total. The molecule has 0 bridgehead atoms. The lowest BCUT2D eigenvalue weighted by Gasteiger charge is -2.07. The van der Waals surface area contributed by atoms with Crippen LogP contribution in [0.4, 0.5) is 5.69 Å². The quantitative estimate of drug-likeness (QED) is 0.861. The maximum absolute atomic E-state index is 11.9. The minimum Gasteiger partial charge on any atom is -0.321 e. The summed E-state index contributed by atoms with van der Waals surface area (Å²) in [6.07, 6.45) is 0. The molecule has 0 aliphatic rings. The highest BCUT2D eigenvalue weighted by atomic mass is 35.5. The molecule has 0 aliphatic carbocycles. The van der Waals surface area contributed by atoms with Crippen LogP contribution in [0.1, 0.15) is 35.0 Å². The van der Waals surface area contributed by atoms with E-state index in [1.54, 1.807) is 12.1 Å². The summed E-state index contributed by atoms with van der Waals surface area (Å²) in [5.41, 5.74) is 2.06. The van der Waals surface area contributed by atoms with Gasteiger partial charge in [0.25, 0.3) is 5.91 Å². The van der Waals surface area contributed by atoms with Gasteiger partial charge in [-0.1, -0.05) is 37.6 Å². The summed E-state index contributed by atoms with van der Waals surface area (Å²) >= 11 is 7.08. The first-order valence-corrected chi connectivity index (χ1v) is 6.92. The fraction of sp³-hybridized carbons (Fsp3) is 0.214. The standard InChI is InChI=1S/C14H14ClNOS/c1-9(2)10-3-5-11(6-4-10)16-14(17)12-7-8-13(15)18-12/h3-9H,1-2H3,(H,16,17). The van der Waals surface area contributed by atoms with Crippen LogP contribution >= 0.6 is 22.9 Å². The minimum atomic E-state index is -0.121. The van der Waals surface area contributed by atoms with Gasteiger partial charge in [-0.05, 0) is 35.7 Å². The Hall–Kier alpha value is -1.32. The molecule has 0 saturated heterocycles. The molecule has 18 heavy (non-hydrogen) atoms. The summed E-state index contributed by atoms with van der Waals surface area (Å²) < 4.78 is 0.621. The van der Waals surface area contributed by atoms with E-state index in [-0.39, 0.29) is 5.91 Å². The molecule has 1 aromatic carbocycles. The Morgan fingerprint density at radius 1 is 1.17 bits per heavy atom. The molecule has 0 spiro atoms. The minimum absolute atomic E-state index is 0.121. The van der Waals surface area contributed by atoms with Crippen LogP contribution in [0.5, 0.6) is 0 Å². The maximum atomic E-state index is 11.9. The first kappa shape index (κ1) is 13.1. The number of rotatable bonds is 3. The van der Waals surface area contributed by atoms with E-state index < -0.39 is 0 Å². The molecule has 1 aromatic heterocycles. The van der Waals surface area contributed by atoms with Crippen molar-refractivity contribution in [2.45, 2.75) is 19.8 Å². The normalized spacial score (nSPS) is 10.7. The van der Waals surface area contributed by atoms with Crippen molar-refractivity contribution in [3.8, 4) is 0 Å². The summed E-state index contributed by atoms with van der Waals surface area (Å²) in [6.45, 7) is 4.28. The first-order chi connectivity index (χ1) is 8.56. The number of benzene rings is 1. The summed E-state index contributed by atoms with van der Waals surface area (Å²) in [7, 11) is 0. The van der Waals surface area contributed by atoms with Gasteiger partial charge in [0.05, 0.1) is 9.21 Å². The molecule has 4 heteroatoms. The van der Waals surface area contributed by atoms with Crippen LogP contribution in [0.2, 0.25) is 4.34 Å². The number of anilines is 1. The maximum Gasteiger partial charge on any atom is 0.265 e. The second kappa shape index (κ2) is 5.55. The molecule has 2 rings (SSSR count). The molecule has 0 fully saturated rings. The van der Waals surface area contributed by atoms with Gasteiger partial charge in [-0.25, -0.2) is 0 Å². The summed E-state index contributed by atoms with van der Waals surface area (Å²) in [5.74, 6) is 0.370. The van der Waals surface area contributed by atoms with E-state index in [1.807, 2.05) is 24.3 Å². The van der Waals surface area contributed by atoms with Crippen LogP contribution in [-0.4, -0.2) is 5.91 Å². The Bertz CT molecular complexity index is 545. The Balaban J connectivity index is 2.07. The van der Waals surface area contributed by atoms with Crippen LogP contribution in [0.25, 0.3) is 0 Å². The zero-order chi connectivity index (χ0) is 13.1. The molecule has 1 N–H and O–H groups in total. The smallest absolute Gasteiger partial charge is 0.265 e. The van der Waals surface area contributed by atoms with Crippen molar-refractivity contribution in [3.63, 3.8) is 0 Å². The third-order valence-electron chi connectivity index (χ3n) is 2.63. The molecule has 2 aromatic rings. The molecule has 0 saturated carbocycles. The zero-order valence-electron chi connectivity index (χ0n) is 10.2. The average molecular weight is 280 g/mol. The van der Waals surface area contributed by atoms with Crippen molar-refractivity contribution in [2.24, 2.45) is 0 Å². The largest absolute Gasteiger partial charge is 0.321 e. The lowest BCUT2D eigenvalue weighted by molar-refractivity contribution is 0.103. The molecular weight excluding hydrogens is 266 g/mol. The van der Waals surface area contributed by atoms with Crippen molar-refractivity contribution in [2.75, 3.05) is 5.32 Å². The lowest BCUT2D eigenvalue weighted by atomic mass is 10.0. The number of halogens is 1. The van der Waals surface area contributed by atoms with E-state index in [0.29, 0.717) is 15.1 Å². The van der Waals surface area contributed by atoms with Gasteiger partial charge < -0.3 is 5.32 Å². The number of nitrogens with one attached hydrogen (secondary N) is 1. The van der Waals surface area contributed by atoms with Crippen LogP contribution < -0.4 is 5.32 Å². The van der Waals surface area contributed by atoms with Gasteiger partial charge in [0.2, 0.25) is 0 Å². The van der Waals surface area contributed by atoms with Crippen molar-refractivity contribution < 1.29 is 4.79 Å². The molecule has 0 unspecified atom stereocenters. The van der Waals surface area contributed by atoms with E-state index in [2.05, 4.69) is 19.2 Å². The van der Waals surface area contributed by atoms with E-state index in [0.717, 1.165) is 5.69 Å². The Morgan fingerprint density at radius 2 is 1.83 bits per heavy atom. The second-order valence-corrected chi connectivity index (χ2v) is 6.05. The summed E-state index contributed by atoms with van der Waals surface area (Å²) in [6, 6.07) is 11.3. The van der Waals surface area contributed by atoms with Gasteiger partial charge in [0, 0.05) is 5.69 Å². The van der Waals surface area contributed by atoms with Crippen molar-refractivity contribution >= 4 is 34.5 Å². The van der Waals surface area contributed by atoms with Crippen molar-refractivity contribution in [1.29, 1.82) is 0 Å². The number of carbonyl (C=O) groups excluding carboxylic acids is 1. The van der Waals surface area contributed by atoms with Crippen LogP contribution in [0.3, 0.4) is 0 Å². The Morgan fingerprint density at radius 3 is 2.33 bits per heavy atom. The van der Waals surface area contributed by atoms with Gasteiger partial charge >= 0.3 is 0 Å². The Kier molecular flexibility index (Phi) is 4.04. The van der Waals surface area contributed by atoms with E-state index in [1.165, 1.54) is 16.9 Å². The van der Waals surface area contributed by atoms with E-state index in [4.69, 9.17) is 11.6 Å². The van der Waals surface area contributed by atoms with Gasteiger partial charge in [-0.15, -0.1) is 11.3 Å². The van der Waals surface area contributed by atoms with E-state index in [9.17, 15) is 4.79 Å². The number of thiophene rings is 1. The van der Waals surface area contributed by atoms with Gasteiger partial charge in [-0.2, -0.15) is 0 Å². The summed E-state index contributed by atoms with van der Waals surface area (Å²) in [4.78, 5) is 12.5. The van der Waals surface area contributed by atoms with Gasteiger partial charge in [0.1, 0.15) is 0 Å². The molecule has 0 atom stereocenters. The van der Waals surface area contributed by atoms with Gasteiger partial charge in [-0.3, -0.25) is 4.79 Å². The number of hydrogen-bond acceptors (Lipinski definition) is 2. The monoisotopic (exact) mass is 279 g/mol. The lowest BCUT2D eigenvalue weighted by Crippen LogP contribution is -2.09. The van der Waals surface area contributed by atoms with Gasteiger partial charge in [0.15, 0.2) is 0 Å². The third-order valence-corrected chi connectivity index (χ3v) is 3.86. The predicted octanol–water partition coefficient (Wildman–Crippen LogP) is 4.78. The molecular formula is C14H14ClNOS. The SMILES string of the molecule is CC(C)c1ccc(NC(=O)c2ccc(Cl)s2)cc1. The number of carbonyl (C=O) groups is 1. The first-order valence-electron chi connectivity index (χ1n) is 5.73. The highest BCUT2D eigenvalue weighted by Crippen LogP contribution is 2.23. The average Bonchev–Trinajstić information content (AvgIpc) is 2.76. The molecule has 0 radical (unpaired) electrons. The van der Waals surface area contributed by atoms with Crippen LogP contribution in [0, 0.1) is 0 Å². The third kappa shape index (κ3) is 3.12. The highest BCUT2D eigenvalue weighted by molar-refractivity contribution is 7.18. The highest BCUT2D eigenvalue weighted by Gasteiger charge is 2.09. The molecule has 0 aliphatic heterocycles. The summed E-state index contributed by atoms with van der Waals surface area (Å²) in [5, 5.41) is 2.85. The number of hydrogen-bond donors (Lipinski definition) is 1. The topological polar surface area (TPSA) is 29.1 Å². The number of amides is 1. The second-order valence-electron chi connectivity index (χ2n) is 4.33. The van der Waals surface area contributed by atoms with Crippen molar-refractivity contribution in [1.82, 2.24) is 0 Å². The van der Waals surface area contributed by atoms with Crippen molar-refractivity contribution in [3.05, 3.63) is 51.2 Å². The molecule has 94 valence electrons.